The maximum absolute atomic E-state index is 14.1. The molecular weight excluding hydrogens is 879 g/mol. The van der Waals surface area contributed by atoms with Crippen LogP contribution in [0.4, 0.5) is 0 Å². The van der Waals surface area contributed by atoms with Crippen LogP contribution in [0.25, 0.3) is 0 Å². The van der Waals surface area contributed by atoms with Gasteiger partial charge >= 0.3 is 35.8 Å². The van der Waals surface area contributed by atoms with Gasteiger partial charge in [-0.1, -0.05) is 141 Å². The van der Waals surface area contributed by atoms with Crippen molar-refractivity contribution in [2.24, 2.45) is 0 Å². The molecule has 1 aliphatic rings. The molecule has 16 nitrogen and oxygen atoms in total. The summed E-state index contributed by atoms with van der Waals surface area (Å²) in [5, 5.41) is 2.87. The van der Waals surface area contributed by atoms with E-state index >= 15 is 0 Å². The molecule has 0 bridgehead atoms. The number of esters is 6. The Bertz CT molecular complexity index is 1510. The van der Waals surface area contributed by atoms with Crippen molar-refractivity contribution >= 4 is 41.7 Å². The summed E-state index contributed by atoms with van der Waals surface area (Å²) in [4.78, 5) is 88.1. The van der Waals surface area contributed by atoms with Crippen molar-refractivity contribution in [1.29, 1.82) is 0 Å². The highest BCUT2D eigenvalue weighted by Gasteiger charge is 2.53. The van der Waals surface area contributed by atoms with Crippen LogP contribution in [-0.2, 0) is 71.5 Å². The molecule has 1 amide bonds. The molecule has 0 aromatic carbocycles. The molecule has 68 heavy (non-hydrogen) atoms. The molecule has 1 unspecified atom stereocenters. The van der Waals surface area contributed by atoms with Gasteiger partial charge in [-0.2, -0.15) is 0 Å². The number of amides is 1. The van der Waals surface area contributed by atoms with Crippen LogP contribution in [0.3, 0.4) is 0 Å². The van der Waals surface area contributed by atoms with Crippen LogP contribution in [0.1, 0.15) is 203 Å². The Labute approximate surface area is 407 Å². The lowest BCUT2D eigenvalue weighted by atomic mass is 9.98. The molecule has 0 aromatic rings. The highest BCUT2D eigenvalue weighted by Crippen LogP contribution is 2.30. The second-order valence-corrected chi connectivity index (χ2v) is 17.8. The van der Waals surface area contributed by atoms with Crippen molar-refractivity contribution < 1.29 is 71.5 Å². The van der Waals surface area contributed by atoms with Gasteiger partial charge in [-0.25, -0.2) is 0 Å². The van der Waals surface area contributed by atoms with Crippen molar-refractivity contribution in [3.05, 3.63) is 24.3 Å². The van der Waals surface area contributed by atoms with E-state index in [9.17, 15) is 33.6 Å². The Balaban J connectivity index is 3.39. The summed E-state index contributed by atoms with van der Waals surface area (Å²) in [7, 11) is 0. The fourth-order valence-corrected chi connectivity index (χ4v) is 7.96. The van der Waals surface area contributed by atoms with Gasteiger partial charge in [0.1, 0.15) is 18.8 Å². The van der Waals surface area contributed by atoms with Gasteiger partial charge in [0, 0.05) is 41.5 Å². The molecule has 1 fully saturated rings. The fourth-order valence-electron chi connectivity index (χ4n) is 7.96. The second kappa shape index (κ2) is 38.5. The van der Waals surface area contributed by atoms with Crippen molar-refractivity contribution in [1.82, 2.24) is 5.32 Å². The van der Waals surface area contributed by atoms with Gasteiger partial charge in [-0.15, -0.1) is 0 Å². The second-order valence-electron chi connectivity index (χ2n) is 17.8. The molecule has 1 rings (SSSR count). The van der Waals surface area contributed by atoms with Gasteiger partial charge in [0.15, 0.2) is 30.7 Å². The van der Waals surface area contributed by atoms with Crippen LogP contribution < -0.4 is 5.32 Å². The average Bonchev–Trinajstić information content (AvgIpc) is 3.26. The SMILES string of the molecule is CCCCCCCCC/C=C\CC/C=C/[C@@H](OC(C)=O)[C@H](CO[C@@H]1O[C@H](COC(C)=O)[C@@H](OC(C)=O)[C@H](OC(C)=O)[C@H]1OC(C)=O)NC(=O)C(CCCCCCCCCCCCCC)OC(C)=O. The summed E-state index contributed by atoms with van der Waals surface area (Å²) in [5.41, 5.74) is 0. The molecule has 1 aliphatic heterocycles. The first kappa shape index (κ1) is 61.7. The van der Waals surface area contributed by atoms with Gasteiger partial charge in [-0.05, 0) is 44.6 Å². The third kappa shape index (κ3) is 30.2. The van der Waals surface area contributed by atoms with E-state index in [4.69, 9.17) is 37.9 Å². The number of rotatable bonds is 38. The Hall–Kier alpha value is -4.31. The quantitative estimate of drug-likeness (QED) is 0.0265. The maximum Gasteiger partial charge on any atom is 0.303 e. The van der Waals surface area contributed by atoms with E-state index in [-0.39, 0.29) is 6.42 Å². The van der Waals surface area contributed by atoms with E-state index < -0.39 is 104 Å². The summed E-state index contributed by atoms with van der Waals surface area (Å²) in [6.07, 6.45) is 22.7. The molecule has 390 valence electrons. The van der Waals surface area contributed by atoms with Crippen LogP contribution in [0.2, 0.25) is 0 Å². The van der Waals surface area contributed by atoms with E-state index in [0.717, 1.165) is 66.2 Å². The van der Waals surface area contributed by atoms with E-state index in [1.54, 1.807) is 6.08 Å². The first-order chi connectivity index (χ1) is 32.6. The molecule has 16 heteroatoms. The number of carbonyl (C=O) groups excluding carboxylic acids is 7. The summed E-state index contributed by atoms with van der Waals surface area (Å²) >= 11 is 0. The molecular formula is C52H87NO15. The lowest BCUT2D eigenvalue weighted by Crippen LogP contribution is -2.63. The molecule has 0 aromatic heterocycles. The Morgan fingerprint density at radius 1 is 0.515 bits per heavy atom. The monoisotopic (exact) mass is 966 g/mol. The number of unbranched alkanes of at least 4 members (excludes halogenated alkanes) is 19. The topological polar surface area (TPSA) is 205 Å². The maximum atomic E-state index is 14.1. The molecule has 0 saturated carbocycles. The number of carbonyl (C=O) groups is 7. The summed E-state index contributed by atoms with van der Waals surface area (Å²) in [6, 6.07) is -1.15. The highest BCUT2D eigenvalue weighted by molar-refractivity contribution is 5.83. The van der Waals surface area contributed by atoms with Gasteiger partial charge in [0.05, 0.1) is 12.6 Å². The van der Waals surface area contributed by atoms with Crippen LogP contribution in [-0.4, -0.2) is 104 Å². The smallest absolute Gasteiger partial charge is 0.303 e. The molecule has 1 saturated heterocycles. The van der Waals surface area contributed by atoms with Crippen LogP contribution in [0.5, 0.6) is 0 Å². The summed E-state index contributed by atoms with van der Waals surface area (Å²) in [5.74, 6) is -5.09. The Morgan fingerprint density at radius 2 is 0.985 bits per heavy atom. The number of ether oxygens (including phenoxy) is 8. The van der Waals surface area contributed by atoms with Crippen LogP contribution in [0, 0.1) is 0 Å². The zero-order chi connectivity index (χ0) is 50.5. The predicted molar refractivity (Wildman–Crippen MR) is 257 cm³/mol. The first-order valence-corrected chi connectivity index (χ1v) is 25.5. The largest absolute Gasteiger partial charge is 0.463 e. The van der Waals surface area contributed by atoms with Crippen LogP contribution >= 0.6 is 0 Å². The predicted octanol–water partition coefficient (Wildman–Crippen LogP) is 9.56. The minimum absolute atomic E-state index is 0.245. The normalized spacial score (nSPS) is 19.4. The molecule has 0 radical (unpaired) electrons. The van der Waals surface area contributed by atoms with E-state index in [0.29, 0.717) is 19.3 Å². The Kier molecular flexibility index (Phi) is 35.0. The number of hydrogen-bond acceptors (Lipinski definition) is 15. The standard InChI is InChI=1S/C52H87NO15/c1-9-11-13-15-17-19-21-23-25-26-28-30-32-34-45(63-39(4)55)44(53-51(60)46(64-40(5)56)35-33-31-29-27-24-22-20-18-16-14-12-10-2)36-62-52-50(67-43(8)59)49(66-42(7)58)48(65-41(6)57)47(68-52)37-61-38(3)54/h25-26,32,34,44-50,52H,9-24,27-31,33,35-37H2,1-8H3,(H,53,60)/b26-25-,34-32+/t44-,45+,46?,47+,48+,49-,50+,52+/m0/s1. The number of nitrogens with one attached hydrogen (secondary N) is 1. The minimum Gasteiger partial charge on any atom is -0.463 e. The molecule has 0 aliphatic carbocycles. The molecule has 8 atom stereocenters. The van der Waals surface area contributed by atoms with Gasteiger partial charge < -0.3 is 43.2 Å². The molecule has 1 heterocycles. The minimum atomic E-state index is -1.58. The average molecular weight is 966 g/mol. The van der Waals surface area contributed by atoms with Crippen LogP contribution in [0.15, 0.2) is 24.3 Å². The lowest BCUT2D eigenvalue weighted by molar-refractivity contribution is -0.309. The third-order valence-corrected chi connectivity index (χ3v) is 11.3. The number of hydrogen-bond donors (Lipinski definition) is 1. The number of allylic oxidation sites excluding steroid dienone is 3. The van der Waals surface area contributed by atoms with Crippen molar-refractivity contribution in [3.63, 3.8) is 0 Å². The summed E-state index contributed by atoms with van der Waals surface area (Å²) in [6.45, 7) is 10.4. The summed E-state index contributed by atoms with van der Waals surface area (Å²) < 4.78 is 45.5. The highest BCUT2D eigenvalue weighted by atomic mass is 16.7. The van der Waals surface area contributed by atoms with E-state index in [1.165, 1.54) is 97.3 Å². The molecule has 0 spiro atoms. The van der Waals surface area contributed by atoms with Gasteiger partial charge in [0.25, 0.3) is 5.91 Å². The lowest BCUT2D eigenvalue weighted by Gasteiger charge is -2.44. The van der Waals surface area contributed by atoms with E-state index in [2.05, 4.69) is 31.3 Å². The fraction of sp³-hybridized carbons (Fsp3) is 0.788. The first-order valence-electron chi connectivity index (χ1n) is 25.5. The van der Waals surface area contributed by atoms with Gasteiger partial charge in [-0.3, -0.25) is 33.6 Å². The third-order valence-electron chi connectivity index (χ3n) is 11.3. The van der Waals surface area contributed by atoms with E-state index in [1.807, 2.05) is 6.08 Å². The zero-order valence-corrected chi connectivity index (χ0v) is 42.7. The zero-order valence-electron chi connectivity index (χ0n) is 42.7. The van der Waals surface area contributed by atoms with Crippen molar-refractivity contribution in [2.75, 3.05) is 13.2 Å². The Morgan fingerprint density at radius 3 is 1.50 bits per heavy atom. The molecule has 1 N–H and O–H groups in total. The van der Waals surface area contributed by atoms with Gasteiger partial charge in [0.2, 0.25) is 0 Å². The van der Waals surface area contributed by atoms with Crippen molar-refractivity contribution in [3.8, 4) is 0 Å². The van der Waals surface area contributed by atoms with Crippen molar-refractivity contribution in [2.45, 2.75) is 252 Å².